The molecule has 3 aromatic carbocycles. The standard InChI is InChI=1S/C23H24O3Si/c24-27(20-9-3-1-4-10-20,21-11-5-2-6-12-21)22-16-14-19(15-17-22)26-23-13-7-8-18-25-23/h1-6,9-12,14-17,23-24H,7-8,13,18H2. The summed E-state index contributed by atoms with van der Waals surface area (Å²) in [4.78, 5) is 11.9. The van der Waals surface area contributed by atoms with Crippen LogP contribution in [0.1, 0.15) is 19.3 Å². The Morgan fingerprint density at radius 2 is 1.30 bits per heavy atom. The van der Waals surface area contributed by atoms with Crippen molar-refractivity contribution in [3.8, 4) is 5.75 Å². The maximum absolute atomic E-state index is 11.9. The van der Waals surface area contributed by atoms with Gasteiger partial charge in [0.2, 0.25) is 0 Å². The summed E-state index contributed by atoms with van der Waals surface area (Å²) in [5, 5.41) is 2.89. The van der Waals surface area contributed by atoms with Crippen LogP contribution in [0.3, 0.4) is 0 Å². The fourth-order valence-corrected chi connectivity index (χ4v) is 6.59. The third-order valence-corrected chi connectivity index (χ3v) is 8.57. The highest BCUT2D eigenvalue weighted by atomic mass is 28.4. The largest absolute Gasteiger partial charge is 0.465 e. The van der Waals surface area contributed by atoms with Gasteiger partial charge in [-0.3, -0.25) is 0 Å². The molecule has 1 saturated heterocycles. The average Bonchev–Trinajstić information content (AvgIpc) is 2.76. The molecule has 1 aliphatic rings. The Labute approximate surface area is 161 Å². The van der Waals surface area contributed by atoms with Crippen LogP contribution >= 0.6 is 0 Å². The van der Waals surface area contributed by atoms with Gasteiger partial charge in [-0.05, 0) is 40.5 Å². The second-order valence-corrected chi connectivity index (χ2v) is 10.0. The van der Waals surface area contributed by atoms with Crippen LogP contribution in [0.2, 0.25) is 0 Å². The summed E-state index contributed by atoms with van der Waals surface area (Å²) in [5.41, 5.74) is 0. The van der Waals surface area contributed by atoms with Gasteiger partial charge in [-0.15, -0.1) is 0 Å². The van der Waals surface area contributed by atoms with Crippen molar-refractivity contribution in [1.29, 1.82) is 0 Å². The Morgan fingerprint density at radius 1 is 0.741 bits per heavy atom. The van der Waals surface area contributed by atoms with E-state index in [2.05, 4.69) is 0 Å². The van der Waals surface area contributed by atoms with Gasteiger partial charge in [0.25, 0.3) is 8.32 Å². The Kier molecular flexibility index (Phi) is 5.39. The van der Waals surface area contributed by atoms with Gasteiger partial charge in [0.15, 0.2) is 6.29 Å². The Balaban J connectivity index is 1.66. The summed E-state index contributed by atoms with van der Waals surface area (Å²) in [6.45, 7) is 0.761. The zero-order chi connectivity index (χ0) is 18.5. The lowest BCUT2D eigenvalue weighted by Gasteiger charge is -2.27. The van der Waals surface area contributed by atoms with E-state index in [1.165, 1.54) is 0 Å². The first-order chi connectivity index (χ1) is 13.3. The molecule has 0 amide bonds. The minimum atomic E-state index is -3.04. The Morgan fingerprint density at radius 3 is 1.81 bits per heavy atom. The highest BCUT2D eigenvalue weighted by Gasteiger charge is 2.38. The number of ether oxygens (including phenoxy) is 2. The first-order valence-corrected chi connectivity index (χ1v) is 11.4. The lowest BCUT2D eigenvalue weighted by Crippen LogP contribution is -2.67. The van der Waals surface area contributed by atoms with Crippen LogP contribution in [0.4, 0.5) is 0 Å². The molecule has 1 aliphatic heterocycles. The Bertz CT molecular complexity index is 804. The second-order valence-electron chi connectivity index (χ2n) is 6.88. The van der Waals surface area contributed by atoms with Crippen molar-refractivity contribution in [3.05, 3.63) is 84.9 Å². The highest BCUT2D eigenvalue weighted by molar-refractivity contribution is 7.06. The van der Waals surface area contributed by atoms with Gasteiger partial charge in [0.05, 0.1) is 6.61 Å². The van der Waals surface area contributed by atoms with Gasteiger partial charge in [-0.2, -0.15) is 0 Å². The van der Waals surface area contributed by atoms with Crippen LogP contribution in [-0.4, -0.2) is 26.0 Å². The zero-order valence-electron chi connectivity index (χ0n) is 15.3. The van der Waals surface area contributed by atoms with Crippen molar-refractivity contribution in [2.45, 2.75) is 25.6 Å². The summed E-state index contributed by atoms with van der Waals surface area (Å²) in [7, 11) is -3.04. The lowest BCUT2D eigenvalue weighted by molar-refractivity contribution is -0.105. The molecule has 0 saturated carbocycles. The van der Waals surface area contributed by atoms with Crippen LogP contribution in [0.5, 0.6) is 5.75 Å². The van der Waals surface area contributed by atoms with E-state index in [0.29, 0.717) is 0 Å². The van der Waals surface area contributed by atoms with E-state index < -0.39 is 8.32 Å². The van der Waals surface area contributed by atoms with Gasteiger partial charge in [-0.1, -0.05) is 72.8 Å². The molecule has 0 spiro atoms. The van der Waals surface area contributed by atoms with Crippen molar-refractivity contribution in [1.82, 2.24) is 0 Å². The summed E-state index contributed by atoms with van der Waals surface area (Å²) in [6.07, 6.45) is 3.00. The van der Waals surface area contributed by atoms with E-state index >= 15 is 0 Å². The van der Waals surface area contributed by atoms with Gasteiger partial charge >= 0.3 is 0 Å². The van der Waals surface area contributed by atoms with Crippen LogP contribution in [0.25, 0.3) is 0 Å². The number of hydrogen-bond acceptors (Lipinski definition) is 3. The van der Waals surface area contributed by atoms with Crippen LogP contribution in [0, 0.1) is 0 Å². The number of hydrogen-bond donors (Lipinski definition) is 1. The summed E-state index contributed by atoms with van der Waals surface area (Å²) in [6, 6.07) is 27.8. The van der Waals surface area contributed by atoms with Gasteiger partial charge in [0, 0.05) is 6.42 Å². The maximum Gasteiger partial charge on any atom is 0.285 e. The van der Waals surface area contributed by atoms with Gasteiger partial charge in [-0.25, -0.2) is 0 Å². The molecule has 4 rings (SSSR count). The molecular formula is C23H24O3Si. The molecule has 4 heteroatoms. The normalized spacial score (nSPS) is 17.4. The molecule has 3 nitrogen and oxygen atoms in total. The first kappa shape index (κ1) is 18.0. The molecule has 1 unspecified atom stereocenters. The van der Waals surface area contributed by atoms with E-state index in [4.69, 9.17) is 9.47 Å². The molecule has 0 aromatic heterocycles. The molecule has 0 bridgehead atoms. The highest BCUT2D eigenvalue weighted by Crippen LogP contribution is 2.19. The SMILES string of the molecule is O[Si](c1ccccc1)(c1ccccc1)c1ccc(OC2CCCCO2)cc1. The van der Waals surface area contributed by atoms with Crippen LogP contribution < -0.4 is 20.3 Å². The van der Waals surface area contributed by atoms with Crippen molar-refractivity contribution < 1.29 is 14.3 Å². The quantitative estimate of drug-likeness (QED) is 0.549. The molecule has 27 heavy (non-hydrogen) atoms. The topological polar surface area (TPSA) is 38.7 Å². The maximum atomic E-state index is 11.9. The minimum Gasteiger partial charge on any atom is -0.465 e. The van der Waals surface area contributed by atoms with E-state index in [9.17, 15) is 4.80 Å². The molecule has 1 atom stereocenters. The molecule has 3 aromatic rings. The van der Waals surface area contributed by atoms with Crippen molar-refractivity contribution >= 4 is 23.9 Å². The minimum absolute atomic E-state index is 0.163. The monoisotopic (exact) mass is 376 g/mol. The number of rotatable bonds is 5. The Hall–Kier alpha value is -2.40. The molecule has 0 radical (unpaired) electrons. The lowest BCUT2D eigenvalue weighted by atomic mass is 10.2. The van der Waals surface area contributed by atoms with Crippen LogP contribution in [0.15, 0.2) is 84.9 Å². The number of benzene rings is 3. The zero-order valence-corrected chi connectivity index (χ0v) is 16.3. The summed E-state index contributed by atoms with van der Waals surface area (Å²) in [5.74, 6) is 0.781. The molecule has 1 N–H and O–H groups in total. The third kappa shape index (κ3) is 3.83. The van der Waals surface area contributed by atoms with Crippen molar-refractivity contribution in [2.75, 3.05) is 6.61 Å². The van der Waals surface area contributed by atoms with Crippen LogP contribution in [-0.2, 0) is 4.74 Å². The fourth-order valence-electron chi connectivity index (χ4n) is 3.59. The smallest absolute Gasteiger partial charge is 0.285 e. The van der Waals surface area contributed by atoms with Crippen molar-refractivity contribution in [3.63, 3.8) is 0 Å². The molecule has 1 heterocycles. The average molecular weight is 377 g/mol. The first-order valence-electron chi connectivity index (χ1n) is 9.49. The summed E-state index contributed by atoms with van der Waals surface area (Å²) >= 11 is 0. The van der Waals surface area contributed by atoms with Gasteiger partial charge in [0.1, 0.15) is 5.75 Å². The molecule has 1 fully saturated rings. The third-order valence-electron chi connectivity index (χ3n) is 5.06. The van der Waals surface area contributed by atoms with Crippen molar-refractivity contribution in [2.24, 2.45) is 0 Å². The molecule has 138 valence electrons. The summed E-state index contributed by atoms with van der Waals surface area (Å²) < 4.78 is 11.6. The fraction of sp³-hybridized carbons (Fsp3) is 0.217. The predicted octanol–water partition coefficient (Wildman–Crippen LogP) is 2.55. The van der Waals surface area contributed by atoms with E-state index in [0.717, 1.165) is 47.2 Å². The second kappa shape index (κ2) is 8.09. The van der Waals surface area contributed by atoms with Gasteiger partial charge < -0.3 is 14.3 Å². The van der Waals surface area contributed by atoms with E-state index in [1.807, 2.05) is 84.9 Å². The molecule has 0 aliphatic carbocycles. The predicted molar refractivity (Wildman–Crippen MR) is 110 cm³/mol. The molecular weight excluding hydrogens is 352 g/mol. The van der Waals surface area contributed by atoms with E-state index in [1.54, 1.807) is 0 Å². The van der Waals surface area contributed by atoms with E-state index in [-0.39, 0.29) is 6.29 Å².